The van der Waals surface area contributed by atoms with E-state index in [1.807, 2.05) is 39.0 Å². The minimum absolute atomic E-state index is 1.11. The Kier molecular flexibility index (Phi) is 13.6. The molecule has 0 heterocycles. The summed E-state index contributed by atoms with van der Waals surface area (Å²) in [6.45, 7) is 15.8. The van der Waals surface area contributed by atoms with Gasteiger partial charge in [-0.05, 0) is 44.4 Å². The van der Waals surface area contributed by atoms with Crippen molar-refractivity contribution in [2.75, 3.05) is 5.32 Å². The molecule has 0 unspecified atom stereocenters. The Morgan fingerprint density at radius 3 is 1.65 bits per heavy atom. The zero-order valence-electron chi connectivity index (χ0n) is 16.3. The summed E-state index contributed by atoms with van der Waals surface area (Å²) in [5.41, 5.74) is 2.26. The summed E-state index contributed by atoms with van der Waals surface area (Å²) in [6.07, 6.45) is 5.25. The maximum absolute atomic E-state index is 3.45. The Bertz CT molecular complexity index is 738. The zero-order valence-corrected chi connectivity index (χ0v) is 16.3. The number of hydrogen-bond acceptors (Lipinski definition) is 1. The maximum Gasteiger partial charge on any atom is 0.0463 e. The molecule has 0 aliphatic carbocycles. The van der Waals surface area contributed by atoms with E-state index >= 15 is 0 Å². The lowest BCUT2D eigenvalue weighted by Gasteiger charge is -2.09. The van der Waals surface area contributed by atoms with Crippen LogP contribution in [-0.4, -0.2) is 0 Å². The van der Waals surface area contributed by atoms with Gasteiger partial charge in [0.05, 0.1) is 0 Å². The van der Waals surface area contributed by atoms with Gasteiger partial charge in [0.1, 0.15) is 0 Å². The topological polar surface area (TPSA) is 12.0 Å². The van der Waals surface area contributed by atoms with Gasteiger partial charge in [-0.1, -0.05) is 72.8 Å². The van der Waals surface area contributed by atoms with Gasteiger partial charge in [0.25, 0.3) is 0 Å². The van der Waals surface area contributed by atoms with E-state index in [4.69, 9.17) is 0 Å². The third-order valence-corrected chi connectivity index (χ3v) is 2.84. The summed E-state index contributed by atoms with van der Waals surface area (Å²) in [6, 6.07) is 25.0. The van der Waals surface area contributed by atoms with Crippen LogP contribution in [0.5, 0.6) is 0 Å². The summed E-state index contributed by atoms with van der Waals surface area (Å²) in [4.78, 5) is 0. The lowest BCUT2D eigenvalue weighted by atomic mass is 10.1. The second kappa shape index (κ2) is 15.5. The number of nitrogens with one attached hydrogen (secondary N) is 1. The van der Waals surface area contributed by atoms with Crippen molar-refractivity contribution in [1.82, 2.24) is 0 Å². The highest BCUT2D eigenvalue weighted by Crippen LogP contribution is 2.25. The van der Waals surface area contributed by atoms with E-state index in [2.05, 4.69) is 79.7 Å². The van der Waals surface area contributed by atoms with Gasteiger partial charge in [0.15, 0.2) is 0 Å². The summed E-state index contributed by atoms with van der Waals surface area (Å²) in [5.74, 6) is 0. The van der Waals surface area contributed by atoms with Gasteiger partial charge in [0.2, 0.25) is 0 Å². The molecule has 0 bridgehead atoms. The molecule has 0 aromatic heterocycles. The van der Waals surface area contributed by atoms with Gasteiger partial charge in [0, 0.05) is 16.8 Å². The van der Waals surface area contributed by atoms with Crippen LogP contribution in [-0.2, 0) is 0 Å². The number of rotatable bonds is 2. The molecule has 3 aromatic carbocycles. The predicted octanol–water partition coefficient (Wildman–Crippen LogP) is 8.16. The molecule has 0 saturated heterocycles. The molecule has 136 valence electrons. The molecule has 0 spiro atoms. The van der Waals surface area contributed by atoms with Crippen LogP contribution in [0.25, 0.3) is 10.8 Å². The van der Waals surface area contributed by atoms with Gasteiger partial charge in [-0.2, -0.15) is 0 Å². The van der Waals surface area contributed by atoms with Crippen LogP contribution in [0.3, 0.4) is 0 Å². The standard InChI is InChI=1S/C16H13N.3C3H6/c1-2-9-14(10-3-1)17-16-12-6-8-13-7-4-5-11-15(13)16;3*1-3-2/h1-12,17H;3*3H,1H2,2H3. The number of benzene rings is 3. The van der Waals surface area contributed by atoms with Crippen molar-refractivity contribution >= 4 is 22.1 Å². The molecule has 1 heteroatoms. The largest absolute Gasteiger partial charge is 0.355 e. The number of allylic oxidation sites excluding steroid dienone is 3. The van der Waals surface area contributed by atoms with Gasteiger partial charge in [-0.15, -0.1) is 19.7 Å². The average Bonchev–Trinajstić information content (AvgIpc) is 2.65. The van der Waals surface area contributed by atoms with Crippen molar-refractivity contribution in [3.05, 3.63) is 111 Å². The molecule has 0 amide bonds. The number of para-hydroxylation sites is 1. The summed E-state index contributed by atoms with van der Waals surface area (Å²) >= 11 is 0. The van der Waals surface area contributed by atoms with E-state index < -0.39 is 0 Å². The minimum Gasteiger partial charge on any atom is -0.355 e. The molecule has 0 fully saturated rings. The Hall–Kier alpha value is -3.06. The predicted molar refractivity (Wildman–Crippen MR) is 121 cm³/mol. The van der Waals surface area contributed by atoms with Crippen molar-refractivity contribution in [2.24, 2.45) is 0 Å². The normalized spacial score (nSPS) is 8.27. The van der Waals surface area contributed by atoms with E-state index in [1.165, 1.54) is 10.8 Å². The lowest BCUT2D eigenvalue weighted by molar-refractivity contribution is 1.58. The van der Waals surface area contributed by atoms with E-state index in [-0.39, 0.29) is 0 Å². The van der Waals surface area contributed by atoms with Crippen molar-refractivity contribution in [3.63, 3.8) is 0 Å². The van der Waals surface area contributed by atoms with E-state index in [0.717, 1.165) is 11.4 Å². The third kappa shape index (κ3) is 9.29. The van der Waals surface area contributed by atoms with Gasteiger partial charge in [-0.25, -0.2) is 0 Å². The van der Waals surface area contributed by atoms with Crippen molar-refractivity contribution in [1.29, 1.82) is 0 Å². The minimum atomic E-state index is 1.11. The average molecular weight is 346 g/mol. The Labute approximate surface area is 159 Å². The van der Waals surface area contributed by atoms with Gasteiger partial charge < -0.3 is 5.32 Å². The number of fused-ring (bicyclic) bond motifs is 1. The van der Waals surface area contributed by atoms with Crippen LogP contribution in [0.15, 0.2) is 111 Å². The van der Waals surface area contributed by atoms with Gasteiger partial charge >= 0.3 is 0 Å². The first-order valence-electron chi connectivity index (χ1n) is 8.69. The van der Waals surface area contributed by atoms with Crippen LogP contribution in [0.4, 0.5) is 11.4 Å². The first-order valence-corrected chi connectivity index (χ1v) is 8.69. The molecule has 26 heavy (non-hydrogen) atoms. The molecule has 1 nitrogen and oxygen atoms in total. The maximum atomic E-state index is 3.45. The molecular weight excluding hydrogens is 314 g/mol. The fraction of sp³-hybridized carbons (Fsp3) is 0.120. The Balaban J connectivity index is 0.000000593. The van der Waals surface area contributed by atoms with Crippen LogP contribution in [0.2, 0.25) is 0 Å². The van der Waals surface area contributed by atoms with Crippen molar-refractivity contribution in [3.8, 4) is 0 Å². The zero-order chi connectivity index (χ0) is 19.6. The molecule has 0 saturated carbocycles. The third-order valence-electron chi connectivity index (χ3n) is 2.84. The van der Waals surface area contributed by atoms with Crippen LogP contribution >= 0.6 is 0 Å². The Morgan fingerprint density at radius 2 is 1.08 bits per heavy atom. The highest BCUT2D eigenvalue weighted by atomic mass is 14.9. The highest BCUT2D eigenvalue weighted by molar-refractivity contribution is 5.95. The first-order chi connectivity index (χ1) is 12.7. The second-order valence-corrected chi connectivity index (χ2v) is 5.24. The fourth-order valence-corrected chi connectivity index (χ4v) is 2.01. The van der Waals surface area contributed by atoms with Crippen molar-refractivity contribution < 1.29 is 0 Å². The lowest BCUT2D eigenvalue weighted by Crippen LogP contribution is -1.90. The van der Waals surface area contributed by atoms with E-state index in [1.54, 1.807) is 18.2 Å². The van der Waals surface area contributed by atoms with E-state index in [9.17, 15) is 0 Å². The second-order valence-electron chi connectivity index (χ2n) is 5.24. The van der Waals surface area contributed by atoms with Crippen LogP contribution < -0.4 is 5.32 Å². The monoisotopic (exact) mass is 345 g/mol. The molecule has 1 N–H and O–H groups in total. The van der Waals surface area contributed by atoms with Gasteiger partial charge in [-0.3, -0.25) is 0 Å². The number of hydrogen-bond donors (Lipinski definition) is 1. The SMILES string of the molecule is C=CC.C=CC.C=CC.c1ccc(Nc2cccc3ccccc23)cc1. The fourth-order valence-electron chi connectivity index (χ4n) is 2.01. The first kappa shape index (κ1) is 22.9. The number of anilines is 2. The molecule has 3 rings (SSSR count). The molecule has 0 radical (unpaired) electrons. The summed E-state index contributed by atoms with van der Waals surface area (Å²) in [7, 11) is 0. The summed E-state index contributed by atoms with van der Waals surface area (Å²) < 4.78 is 0. The quantitative estimate of drug-likeness (QED) is 0.462. The molecule has 3 aromatic rings. The molecule has 0 atom stereocenters. The van der Waals surface area contributed by atoms with Crippen LogP contribution in [0, 0.1) is 0 Å². The Morgan fingerprint density at radius 1 is 0.615 bits per heavy atom. The van der Waals surface area contributed by atoms with Crippen molar-refractivity contribution in [2.45, 2.75) is 20.8 Å². The molecular formula is C25H31N. The van der Waals surface area contributed by atoms with Crippen LogP contribution in [0.1, 0.15) is 20.8 Å². The summed E-state index contributed by atoms with van der Waals surface area (Å²) in [5, 5.41) is 5.95. The highest BCUT2D eigenvalue weighted by Gasteiger charge is 1.99. The molecule has 0 aliphatic rings. The smallest absolute Gasteiger partial charge is 0.0463 e. The van der Waals surface area contributed by atoms with E-state index in [0.29, 0.717) is 0 Å². The molecule has 0 aliphatic heterocycles.